The normalized spacial score (nSPS) is 16.5. The maximum Gasteiger partial charge on any atom is 0.315 e. The second-order valence-electron chi connectivity index (χ2n) is 17.8. The molecule has 4 heterocycles. The zero-order valence-electron chi connectivity index (χ0n) is 36.3. The van der Waals surface area contributed by atoms with Crippen LogP contribution in [0.1, 0.15) is 97.6 Å². The third-order valence-electron chi connectivity index (χ3n) is 12.1. The number of benzene rings is 2. The van der Waals surface area contributed by atoms with Crippen LogP contribution in [0, 0.1) is 31.1 Å². The zero-order chi connectivity index (χ0) is 42.4. The van der Waals surface area contributed by atoms with Gasteiger partial charge in [-0.25, -0.2) is 9.55 Å². The molecule has 2 aliphatic rings. The third-order valence-corrected chi connectivity index (χ3v) is 12.1. The van der Waals surface area contributed by atoms with Crippen molar-refractivity contribution in [3.63, 3.8) is 0 Å². The molecule has 2 unspecified atom stereocenters. The monoisotopic (exact) mass is 837 g/mol. The quantitative estimate of drug-likeness (QED) is 0.108. The van der Waals surface area contributed by atoms with Gasteiger partial charge < -0.3 is 23.2 Å². The minimum Gasteiger partial charge on any atom is -0.460 e. The summed E-state index contributed by atoms with van der Waals surface area (Å²) in [6.45, 7) is 14.0. The number of esters is 2. The zero-order valence-corrected chi connectivity index (χ0v) is 37.1. The molecule has 318 valence electrons. The molecule has 4 aromatic heterocycles. The van der Waals surface area contributed by atoms with Gasteiger partial charge in [0.15, 0.2) is 11.6 Å². The minimum atomic E-state index is -1.01. The number of ether oxygens (including phenoxy) is 2. The van der Waals surface area contributed by atoms with Crippen LogP contribution in [0.15, 0.2) is 73.3 Å². The molecule has 0 amide bonds. The minimum absolute atomic E-state index is 0. The van der Waals surface area contributed by atoms with E-state index in [0.717, 1.165) is 82.5 Å². The van der Waals surface area contributed by atoms with Gasteiger partial charge in [-0.3, -0.25) is 19.2 Å². The number of Topliss-reactive ketones (excluding diaryl/α,β-unsaturated/α-hetero) is 2. The molecule has 0 radical (unpaired) electrons. The van der Waals surface area contributed by atoms with Crippen molar-refractivity contribution >= 4 is 57.7 Å². The van der Waals surface area contributed by atoms with Crippen LogP contribution < -0.4 is 4.57 Å². The number of halogens is 1. The Hall–Kier alpha value is -5.49. The topological polar surface area (TPSA) is 123 Å². The number of ketones is 2. The summed E-state index contributed by atoms with van der Waals surface area (Å²) in [4.78, 5) is 55.8. The summed E-state index contributed by atoms with van der Waals surface area (Å²) in [6.07, 6.45) is 11.0. The van der Waals surface area contributed by atoms with Crippen LogP contribution in [0.4, 0.5) is 0 Å². The molecule has 6 aromatic rings. The van der Waals surface area contributed by atoms with Crippen molar-refractivity contribution in [3.8, 4) is 0 Å². The number of rotatable bonds is 9. The highest BCUT2D eigenvalue weighted by molar-refractivity contribution is 6.12. The molecule has 0 fully saturated rings. The number of fused-ring (bicyclic) bond motifs is 6. The van der Waals surface area contributed by atoms with E-state index >= 15 is 0 Å². The van der Waals surface area contributed by atoms with Crippen LogP contribution in [-0.2, 0) is 65.8 Å². The number of carbonyl (C=O) groups is 4. The molecule has 13 heteroatoms. The average molecular weight is 838 g/mol. The summed E-state index contributed by atoms with van der Waals surface area (Å²) in [5, 5.41) is 2.12. The van der Waals surface area contributed by atoms with Crippen molar-refractivity contribution in [1.29, 1.82) is 0 Å². The largest absolute Gasteiger partial charge is 0.460 e. The van der Waals surface area contributed by atoms with E-state index in [-0.39, 0.29) is 49.0 Å². The lowest BCUT2D eigenvalue weighted by molar-refractivity contribution is -0.732. The predicted octanol–water partition coefficient (Wildman–Crippen LogP) is 7.83. The molecule has 60 heavy (non-hydrogen) atoms. The van der Waals surface area contributed by atoms with E-state index in [2.05, 4.69) is 43.9 Å². The van der Waals surface area contributed by atoms with Crippen LogP contribution in [0.25, 0.3) is 21.8 Å². The maximum absolute atomic E-state index is 13.5. The first-order valence-corrected chi connectivity index (χ1v) is 20.6. The van der Waals surface area contributed by atoms with Gasteiger partial charge in [0.05, 0.1) is 17.8 Å². The fraction of sp³-hybridized carbons (Fsp3) is 0.447. The van der Waals surface area contributed by atoms with Gasteiger partial charge in [-0.05, 0) is 79.4 Å². The number of carbonyl (C=O) groups excluding carboxylic acids is 4. The Kier molecular flexibility index (Phi) is 12.7. The summed E-state index contributed by atoms with van der Waals surface area (Å²) in [5.74, 6) is 1.35. The summed E-state index contributed by atoms with van der Waals surface area (Å²) in [5.41, 5.74) is 4.72. The Bertz CT molecular complexity index is 2580. The van der Waals surface area contributed by atoms with Crippen molar-refractivity contribution < 1.29 is 33.2 Å². The predicted molar refractivity (Wildman–Crippen MR) is 232 cm³/mol. The Morgan fingerprint density at radius 3 is 1.80 bits per heavy atom. The van der Waals surface area contributed by atoms with Gasteiger partial charge in [-0.2, -0.15) is 4.57 Å². The molecule has 0 saturated carbocycles. The Morgan fingerprint density at radius 1 is 0.783 bits per heavy atom. The molecule has 8 rings (SSSR count). The van der Waals surface area contributed by atoms with Gasteiger partial charge in [0.2, 0.25) is 6.73 Å². The third kappa shape index (κ3) is 8.71. The Morgan fingerprint density at radius 2 is 1.30 bits per heavy atom. The van der Waals surface area contributed by atoms with E-state index in [1.54, 1.807) is 40.8 Å². The second-order valence-corrected chi connectivity index (χ2v) is 17.8. The molecule has 12 nitrogen and oxygen atoms in total. The van der Waals surface area contributed by atoms with Crippen LogP contribution >= 0.6 is 12.4 Å². The molecular weight excluding hydrogens is 780 g/mol. The number of imidazole rings is 2. The van der Waals surface area contributed by atoms with E-state index in [4.69, 9.17) is 9.47 Å². The van der Waals surface area contributed by atoms with Crippen molar-refractivity contribution in [2.24, 2.45) is 31.3 Å². The molecule has 0 aliphatic heterocycles. The molecule has 2 aromatic carbocycles. The van der Waals surface area contributed by atoms with E-state index in [1.807, 2.05) is 79.0 Å². The lowest BCUT2D eigenvalue weighted by Gasteiger charge is -2.25. The highest BCUT2D eigenvalue weighted by atomic mass is 35.5. The van der Waals surface area contributed by atoms with Gasteiger partial charge in [0, 0.05) is 90.2 Å². The highest BCUT2D eigenvalue weighted by Crippen LogP contribution is 2.36. The molecule has 0 bridgehead atoms. The van der Waals surface area contributed by atoms with E-state index < -0.39 is 23.0 Å². The van der Waals surface area contributed by atoms with E-state index in [1.165, 1.54) is 5.69 Å². The average Bonchev–Trinajstić information content (AvgIpc) is 3.92. The fourth-order valence-electron chi connectivity index (χ4n) is 8.74. The number of para-hydroxylation sites is 2. The van der Waals surface area contributed by atoms with Gasteiger partial charge in [0.1, 0.15) is 30.4 Å². The molecular formula is C47H58ClN6O6+. The van der Waals surface area contributed by atoms with Crippen molar-refractivity contribution in [2.45, 2.75) is 106 Å². The Labute approximate surface area is 357 Å². The van der Waals surface area contributed by atoms with Crippen LogP contribution in [0.3, 0.4) is 0 Å². The lowest BCUT2D eigenvalue weighted by Crippen LogP contribution is -2.41. The first kappa shape index (κ1) is 44.1. The van der Waals surface area contributed by atoms with Crippen molar-refractivity contribution in [1.82, 2.24) is 23.3 Å². The van der Waals surface area contributed by atoms with Crippen molar-refractivity contribution in [3.05, 3.63) is 107 Å². The molecule has 2 aliphatic carbocycles. The molecule has 0 N–H and O–H groups in total. The number of hydrogen-bond donors (Lipinski definition) is 0. The van der Waals surface area contributed by atoms with Gasteiger partial charge in [0.25, 0.3) is 5.82 Å². The first-order chi connectivity index (χ1) is 27.9. The smallest absolute Gasteiger partial charge is 0.315 e. The second kappa shape index (κ2) is 17.2. The van der Waals surface area contributed by atoms with Gasteiger partial charge in [-0.1, -0.05) is 36.4 Å². The SMILES string of the molecule is Cc1n(CC2CCc3c(c4ccccc4n3C)C2=O)cc[n+]1COC(=O)C(C)(C)CC(=O)OC(C)(C)C.Cc1nccn1CC1CCc2c(c3ccccc3n2C)C1=O.Cl. The van der Waals surface area contributed by atoms with Gasteiger partial charge >= 0.3 is 11.9 Å². The summed E-state index contributed by atoms with van der Waals surface area (Å²) >= 11 is 0. The summed E-state index contributed by atoms with van der Waals surface area (Å²) in [6, 6.07) is 16.3. The Balaban J connectivity index is 0.000000223. The van der Waals surface area contributed by atoms with Gasteiger partial charge in [-0.15, -0.1) is 12.4 Å². The number of aryl methyl sites for hydroxylation is 3. The van der Waals surface area contributed by atoms with E-state index in [9.17, 15) is 19.2 Å². The fourth-order valence-corrected chi connectivity index (χ4v) is 8.74. The first-order valence-electron chi connectivity index (χ1n) is 20.6. The highest BCUT2D eigenvalue weighted by Gasteiger charge is 2.37. The number of hydrogen-bond acceptors (Lipinski definition) is 7. The molecule has 0 spiro atoms. The lowest BCUT2D eigenvalue weighted by atomic mass is 9.85. The van der Waals surface area contributed by atoms with Crippen LogP contribution in [0.2, 0.25) is 0 Å². The molecule has 0 saturated heterocycles. The summed E-state index contributed by atoms with van der Waals surface area (Å²) in [7, 11) is 4.10. The number of nitrogens with zero attached hydrogens (tertiary/aromatic N) is 6. The van der Waals surface area contributed by atoms with Crippen LogP contribution in [-0.4, -0.2) is 52.4 Å². The van der Waals surface area contributed by atoms with E-state index in [0.29, 0.717) is 6.54 Å². The standard InChI is InChI=1S/C29H38N3O5.C18H19N3O.ClH/c1-19-31(14-15-32(19)18-36-27(35)29(5,6)16-24(33)37-28(2,3)4)17-20-12-13-23-25(26(20)34)21-10-8-9-11-22(21)30(23)7;1-12-19-9-10-21(12)11-13-7-8-16-17(18(13)22)14-5-3-4-6-15(14)20(16)2;/h8-11,14-15,20H,12-13,16-18H2,1-7H3;3-6,9-10,13H,7-8,11H2,1-2H3;1H/q+1;;. The summed E-state index contributed by atoms with van der Waals surface area (Å²) < 4.78 is 21.2. The van der Waals surface area contributed by atoms with Crippen molar-refractivity contribution in [2.75, 3.05) is 0 Å². The molecule has 2 atom stereocenters. The number of aromatic nitrogens is 6. The maximum atomic E-state index is 13.5. The van der Waals surface area contributed by atoms with Crippen LogP contribution in [0.5, 0.6) is 0 Å².